The molecule has 2 rings (SSSR count). The third kappa shape index (κ3) is 5.07. The second kappa shape index (κ2) is 9.27. The summed E-state index contributed by atoms with van der Waals surface area (Å²) in [5.41, 5.74) is -0.109. The first-order chi connectivity index (χ1) is 9.09. The van der Waals surface area contributed by atoms with Crippen LogP contribution in [0.2, 0.25) is 10.0 Å². The molecule has 1 fully saturated rings. The number of aromatic carboxylic acids is 1. The van der Waals surface area contributed by atoms with Gasteiger partial charge in [-0.15, -0.1) is 0 Å². The summed E-state index contributed by atoms with van der Waals surface area (Å²) in [6.07, 6.45) is 2.45. The minimum absolute atomic E-state index is 0. The number of carbonyl (C=O) groups is 1. The fraction of sp³-hybridized carbons (Fsp3) is 0.462. The molecule has 0 spiro atoms. The van der Waals surface area contributed by atoms with Crippen LogP contribution in [0.4, 0.5) is 0 Å². The van der Waals surface area contributed by atoms with Crippen LogP contribution in [0.5, 0.6) is 5.75 Å². The Hall–Kier alpha value is 1.08. The number of carboxylic acids is 1. The summed E-state index contributed by atoms with van der Waals surface area (Å²) >= 11 is 11.8. The molecule has 1 aromatic carbocycles. The Labute approximate surface area is 187 Å². The quantitative estimate of drug-likeness (QED) is 0.768. The average Bonchev–Trinajstić information content (AvgIpc) is 2.85. The van der Waals surface area contributed by atoms with Gasteiger partial charge in [0, 0.05) is 6.54 Å². The molecule has 1 aliphatic heterocycles. The molecule has 0 radical (unpaired) electrons. The number of nitrogens with zero attached hydrogens (tertiary/aromatic N) is 1. The van der Waals surface area contributed by atoms with Gasteiger partial charge >= 0.3 is 74.9 Å². The van der Waals surface area contributed by atoms with E-state index in [1.807, 2.05) is 0 Å². The van der Waals surface area contributed by atoms with Crippen molar-refractivity contribution < 1.29 is 14.6 Å². The zero-order valence-electron chi connectivity index (χ0n) is 10.4. The van der Waals surface area contributed by atoms with E-state index < -0.39 is 5.97 Å². The van der Waals surface area contributed by atoms with E-state index in [0.717, 1.165) is 19.6 Å². The van der Waals surface area contributed by atoms with E-state index >= 15 is 0 Å². The molecule has 0 bridgehead atoms. The number of carboxylic acid groups (broad SMARTS) is 1. The van der Waals surface area contributed by atoms with Crippen LogP contribution in [0.15, 0.2) is 12.1 Å². The van der Waals surface area contributed by atoms with Crippen LogP contribution in [0.3, 0.4) is 0 Å². The summed E-state index contributed by atoms with van der Waals surface area (Å²) in [6, 6.07) is 3.09. The van der Waals surface area contributed by atoms with Gasteiger partial charge in [0.05, 0.1) is 10.0 Å². The topological polar surface area (TPSA) is 49.8 Å². The van der Waals surface area contributed by atoms with Crippen molar-refractivity contribution in [1.82, 2.24) is 4.90 Å². The third-order valence-corrected chi connectivity index (χ3v) is 3.82. The zero-order chi connectivity index (χ0) is 13.8. The SMILES string of the molecule is O=C(O)c1c(Cl)ccc(OCCN2CCCC2)c1Cl.[CsH]. The maximum absolute atomic E-state index is 11.0. The van der Waals surface area contributed by atoms with E-state index in [9.17, 15) is 4.79 Å². The monoisotopic (exact) mass is 437 g/mol. The number of ether oxygens (including phenoxy) is 1. The number of hydrogen-bond acceptors (Lipinski definition) is 3. The van der Waals surface area contributed by atoms with Crippen molar-refractivity contribution in [2.45, 2.75) is 12.8 Å². The predicted molar refractivity (Wildman–Crippen MR) is 81.7 cm³/mol. The van der Waals surface area contributed by atoms with Crippen LogP contribution < -0.4 is 4.74 Å². The standard InChI is InChI=1S/C13H15Cl2NO3.Cs.H/c14-9-3-4-10(12(15)11(9)13(17)18)19-8-7-16-5-1-2-6-16;;/h3-4H,1-2,5-8H2,(H,17,18);;. The number of hydrogen-bond donors (Lipinski definition) is 1. The average molecular weight is 438 g/mol. The van der Waals surface area contributed by atoms with Crippen LogP contribution in [0.1, 0.15) is 23.2 Å². The van der Waals surface area contributed by atoms with Gasteiger partial charge in [-0.05, 0) is 38.1 Å². The van der Waals surface area contributed by atoms with Gasteiger partial charge in [0.2, 0.25) is 0 Å². The molecule has 0 aromatic heterocycles. The van der Waals surface area contributed by atoms with Crippen LogP contribution in [0, 0.1) is 0 Å². The second-order valence-corrected chi connectivity index (χ2v) is 5.22. The molecule has 0 unspecified atom stereocenters. The molecular formula is C13H16Cl2CsNO3. The summed E-state index contributed by atoms with van der Waals surface area (Å²) in [5, 5.41) is 9.21. The van der Waals surface area contributed by atoms with Crippen molar-refractivity contribution in [3.05, 3.63) is 27.7 Å². The van der Waals surface area contributed by atoms with E-state index in [2.05, 4.69) is 4.90 Å². The Morgan fingerprint density at radius 2 is 1.95 bits per heavy atom. The van der Waals surface area contributed by atoms with Gasteiger partial charge in [0.15, 0.2) is 0 Å². The molecule has 20 heavy (non-hydrogen) atoms. The van der Waals surface area contributed by atoms with Gasteiger partial charge in [-0.2, -0.15) is 0 Å². The molecular weight excluding hydrogens is 422 g/mol. The first-order valence-electron chi connectivity index (χ1n) is 6.16. The second-order valence-electron chi connectivity index (χ2n) is 4.44. The van der Waals surface area contributed by atoms with Crippen molar-refractivity contribution in [3.63, 3.8) is 0 Å². The van der Waals surface area contributed by atoms with Crippen LogP contribution in [-0.2, 0) is 0 Å². The van der Waals surface area contributed by atoms with E-state index in [0.29, 0.717) is 12.4 Å². The molecule has 1 heterocycles. The van der Waals surface area contributed by atoms with Crippen LogP contribution >= 0.6 is 23.2 Å². The summed E-state index contributed by atoms with van der Waals surface area (Å²) in [7, 11) is 0. The van der Waals surface area contributed by atoms with Crippen LogP contribution in [0.25, 0.3) is 0 Å². The summed E-state index contributed by atoms with van der Waals surface area (Å²) in [6.45, 7) is 3.50. The van der Waals surface area contributed by atoms with Crippen molar-refractivity contribution in [2.75, 3.05) is 26.2 Å². The van der Waals surface area contributed by atoms with Gasteiger partial charge in [0.1, 0.15) is 17.9 Å². The predicted octanol–water partition coefficient (Wildman–Crippen LogP) is 2.52. The number of likely N-dealkylation sites (tertiary alicyclic amines) is 1. The molecule has 0 saturated carbocycles. The molecule has 4 nitrogen and oxygen atoms in total. The zero-order valence-corrected chi connectivity index (χ0v) is 11.9. The van der Waals surface area contributed by atoms with Gasteiger partial charge in [-0.25, -0.2) is 4.79 Å². The molecule has 0 amide bonds. The molecule has 1 N–H and O–H groups in total. The van der Waals surface area contributed by atoms with E-state index in [4.69, 9.17) is 33.0 Å². The van der Waals surface area contributed by atoms with Crippen molar-refractivity contribution >= 4 is 98.1 Å². The molecule has 7 heteroatoms. The molecule has 1 saturated heterocycles. The van der Waals surface area contributed by atoms with Crippen LogP contribution in [-0.4, -0.2) is 111 Å². The van der Waals surface area contributed by atoms with E-state index in [1.165, 1.54) is 18.9 Å². The normalized spacial score (nSPS) is 14.9. The van der Waals surface area contributed by atoms with Gasteiger partial charge in [-0.3, -0.25) is 4.90 Å². The molecule has 1 aromatic rings. The minimum atomic E-state index is -1.15. The summed E-state index contributed by atoms with van der Waals surface area (Å²) in [4.78, 5) is 13.4. The first kappa shape index (κ1) is 19.1. The van der Waals surface area contributed by atoms with Gasteiger partial charge in [0.25, 0.3) is 0 Å². The fourth-order valence-electron chi connectivity index (χ4n) is 2.13. The van der Waals surface area contributed by atoms with Crippen molar-refractivity contribution in [3.8, 4) is 5.75 Å². The van der Waals surface area contributed by atoms with E-state index in [1.54, 1.807) is 6.07 Å². The Balaban J connectivity index is 0.00000200. The Bertz CT molecular complexity index is 479. The summed E-state index contributed by atoms with van der Waals surface area (Å²) < 4.78 is 5.55. The fourth-order valence-corrected chi connectivity index (χ4v) is 2.72. The first-order valence-corrected chi connectivity index (χ1v) is 6.91. The number of benzene rings is 1. The summed E-state index contributed by atoms with van der Waals surface area (Å²) in [5.74, 6) is -0.789. The Morgan fingerprint density at radius 3 is 2.55 bits per heavy atom. The van der Waals surface area contributed by atoms with Gasteiger partial charge in [-0.1, -0.05) is 23.2 Å². The van der Waals surface area contributed by atoms with Gasteiger partial charge < -0.3 is 9.84 Å². The third-order valence-electron chi connectivity index (χ3n) is 3.13. The van der Waals surface area contributed by atoms with Crippen molar-refractivity contribution in [2.24, 2.45) is 0 Å². The molecule has 1 aliphatic rings. The van der Waals surface area contributed by atoms with E-state index in [-0.39, 0.29) is 84.5 Å². The number of halogens is 2. The molecule has 0 aliphatic carbocycles. The number of rotatable bonds is 5. The van der Waals surface area contributed by atoms with Crippen molar-refractivity contribution in [1.29, 1.82) is 0 Å². The maximum atomic E-state index is 11.0. The molecule has 0 atom stereocenters. The Kier molecular flexibility index (Phi) is 8.87. The molecule has 106 valence electrons. The Morgan fingerprint density at radius 1 is 1.30 bits per heavy atom.